The second-order valence-corrected chi connectivity index (χ2v) is 5.17. The Labute approximate surface area is 104 Å². The molecule has 0 aromatic heterocycles. The van der Waals surface area contributed by atoms with Gasteiger partial charge in [0.05, 0.1) is 11.8 Å². The second kappa shape index (κ2) is 5.02. The van der Waals surface area contributed by atoms with E-state index in [1.54, 1.807) is 25.7 Å². The summed E-state index contributed by atoms with van der Waals surface area (Å²) in [6, 6.07) is 0. The Kier molecular flexibility index (Phi) is 4.87. The molecule has 3 nitrogen and oxygen atoms in total. The molecule has 0 aliphatic carbocycles. The fraction of sp³-hybridized carbons (Fsp3) is 0.900. The van der Waals surface area contributed by atoms with Gasteiger partial charge in [-0.05, 0) is 20.8 Å². The maximum atomic E-state index is 12.6. The molecule has 1 saturated heterocycles. The van der Waals surface area contributed by atoms with Crippen molar-refractivity contribution in [2.24, 2.45) is 11.8 Å². The van der Waals surface area contributed by atoms with Crippen LogP contribution < -0.4 is 0 Å². The minimum absolute atomic E-state index is 0. The monoisotopic (exact) mass is 275 g/mol. The van der Waals surface area contributed by atoms with Crippen molar-refractivity contribution in [3.8, 4) is 0 Å². The zero-order chi connectivity index (χ0) is 12.7. The highest BCUT2D eigenvalue weighted by molar-refractivity contribution is 5.85. The van der Waals surface area contributed by atoms with Gasteiger partial charge in [-0.1, -0.05) is 0 Å². The van der Waals surface area contributed by atoms with Gasteiger partial charge < -0.3 is 5.11 Å². The molecule has 0 bridgehead atoms. The molecule has 0 amide bonds. The van der Waals surface area contributed by atoms with Crippen molar-refractivity contribution in [3.05, 3.63) is 0 Å². The summed E-state index contributed by atoms with van der Waals surface area (Å²) in [7, 11) is 0. The second-order valence-electron chi connectivity index (χ2n) is 5.17. The van der Waals surface area contributed by atoms with Gasteiger partial charge in [-0.2, -0.15) is 13.2 Å². The van der Waals surface area contributed by atoms with Gasteiger partial charge in [-0.15, -0.1) is 12.4 Å². The molecule has 1 aliphatic heterocycles. The molecule has 0 saturated carbocycles. The molecule has 2 atom stereocenters. The van der Waals surface area contributed by atoms with E-state index in [4.69, 9.17) is 5.11 Å². The minimum Gasteiger partial charge on any atom is -0.481 e. The average molecular weight is 276 g/mol. The van der Waals surface area contributed by atoms with Crippen molar-refractivity contribution in [1.82, 2.24) is 4.90 Å². The molecule has 17 heavy (non-hydrogen) atoms. The Morgan fingerprint density at radius 1 is 1.24 bits per heavy atom. The fourth-order valence-electron chi connectivity index (χ4n) is 1.93. The molecule has 0 aromatic carbocycles. The lowest BCUT2D eigenvalue weighted by molar-refractivity contribution is -0.188. The van der Waals surface area contributed by atoms with Gasteiger partial charge in [0.15, 0.2) is 0 Å². The van der Waals surface area contributed by atoms with E-state index in [-0.39, 0.29) is 25.5 Å². The topological polar surface area (TPSA) is 40.5 Å². The van der Waals surface area contributed by atoms with Gasteiger partial charge >= 0.3 is 12.1 Å². The number of halogens is 4. The quantitative estimate of drug-likeness (QED) is 0.799. The van der Waals surface area contributed by atoms with Crippen LogP contribution in [0.15, 0.2) is 0 Å². The normalized spacial score (nSPS) is 26.7. The molecule has 7 heteroatoms. The summed E-state index contributed by atoms with van der Waals surface area (Å²) in [6.45, 7) is 5.08. The van der Waals surface area contributed by atoms with E-state index in [1.165, 1.54) is 0 Å². The van der Waals surface area contributed by atoms with Crippen molar-refractivity contribution >= 4 is 18.4 Å². The number of alkyl halides is 3. The summed E-state index contributed by atoms with van der Waals surface area (Å²) < 4.78 is 37.9. The van der Waals surface area contributed by atoms with Crippen molar-refractivity contribution < 1.29 is 23.1 Å². The lowest BCUT2D eigenvalue weighted by Gasteiger charge is -2.31. The lowest BCUT2D eigenvalue weighted by Crippen LogP contribution is -2.40. The first-order chi connectivity index (χ1) is 7.03. The van der Waals surface area contributed by atoms with E-state index >= 15 is 0 Å². The van der Waals surface area contributed by atoms with Crippen LogP contribution in [0, 0.1) is 11.8 Å². The first-order valence-corrected chi connectivity index (χ1v) is 5.08. The predicted molar refractivity (Wildman–Crippen MR) is 59.2 cm³/mol. The summed E-state index contributed by atoms with van der Waals surface area (Å²) in [5.74, 6) is -4.47. The highest BCUT2D eigenvalue weighted by atomic mass is 35.5. The van der Waals surface area contributed by atoms with Crippen molar-refractivity contribution in [2.75, 3.05) is 13.1 Å². The van der Waals surface area contributed by atoms with Crippen molar-refractivity contribution in [1.29, 1.82) is 0 Å². The van der Waals surface area contributed by atoms with E-state index in [9.17, 15) is 18.0 Å². The molecule has 1 aliphatic rings. The fourth-order valence-corrected chi connectivity index (χ4v) is 1.93. The third-order valence-corrected chi connectivity index (χ3v) is 3.01. The first-order valence-electron chi connectivity index (χ1n) is 5.08. The average Bonchev–Trinajstić information content (AvgIpc) is 2.44. The number of likely N-dealkylation sites (tertiary alicyclic amines) is 1. The van der Waals surface area contributed by atoms with Crippen LogP contribution in [-0.4, -0.2) is 40.8 Å². The molecule has 0 radical (unpaired) electrons. The van der Waals surface area contributed by atoms with E-state index in [0.29, 0.717) is 0 Å². The van der Waals surface area contributed by atoms with Crippen LogP contribution in [0.4, 0.5) is 13.2 Å². The Balaban J connectivity index is 0.00000256. The van der Waals surface area contributed by atoms with Crippen LogP contribution >= 0.6 is 12.4 Å². The molecule has 0 unspecified atom stereocenters. The van der Waals surface area contributed by atoms with Gasteiger partial charge in [0.25, 0.3) is 0 Å². The third kappa shape index (κ3) is 3.74. The SMILES string of the molecule is CC(C)(C)N1C[C@@H](C(F)(F)F)[C@H](C(=O)O)C1.Cl. The van der Waals surface area contributed by atoms with Crippen LogP contribution in [0.1, 0.15) is 20.8 Å². The number of hydrogen-bond donors (Lipinski definition) is 1. The number of carboxylic acid groups (broad SMARTS) is 1. The standard InChI is InChI=1S/C10H16F3NO2.ClH/c1-9(2,3)14-4-6(8(15)16)7(5-14)10(11,12)13;/h6-7H,4-5H2,1-3H3,(H,15,16);1H/t6-,7-;/m1./s1. The molecule has 0 aromatic rings. The van der Waals surface area contributed by atoms with Crippen LogP contribution in [0.5, 0.6) is 0 Å². The van der Waals surface area contributed by atoms with Gasteiger partial charge in [0.1, 0.15) is 0 Å². The summed E-state index contributed by atoms with van der Waals surface area (Å²) >= 11 is 0. The maximum absolute atomic E-state index is 12.6. The van der Waals surface area contributed by atoms with E-state index in [2.05, 4.69) is 0 Å². The molecule has 0 spiro atoms. The zero-order valence-corrected chi connectivity index (χ0v) is 10.7. The molecular weight excluding hydrogens is 259 g/mol. The van der Waals surface area contributed by atoms with Gasteiger partial charge in [0.2, 0.25) is 0 Å². The van der Waals surface area contributed by atoms with Crippen LogP contribution in [0.3, 0.4) is 0 Å². The molecule has 1 heterocycles. The van der Waals surface area contributed by atoms with E-state index in [1.807, 2.05) is 0 Å². The number of hydrogen-bond acceptors (Lipinski definition) is 2. The first kappa shape index (κ1) is 16.5. The molecule has 102 valence electrons. The Morgan fingerprint density at radius 2 is 1.71 bits per heavy atom. The molecular formula is C10H17ClF3NO2. The van der Waals surface area contributed by atoms with Gasteiger partial charge in [0, 0.05) is 18.6 Å². The summed E-state index contributed by atoms with van der Waals surface area (Å²) in [6.07, 6.45) is -4.44. The van der Waals surface area contributed by atoms with Gasteiger partial charge in [-0.25, -0.2) is 0 Å². The Morgan fingerprint density at radius 3 is 1.94 bits per heavy atom. The molecule has 1 fully saturated rings. The predicted octanol–water partition coefficient (Wildman–Crippen LogP) is 2.40. The lowest BCUT2D eigenvalue weighted by atomic mass is 9.96. The molecule has 1 N–H and O–H groups in total. The molecule has 1 rings (SSSR count). The number of carboxylic acids is 1. The highest BCUT2D eigenvalue weighted by Crippen LogP contribution is 2.39. The summed E-state index contributed by atoms with van der Waals surface area (Å²) in [5.41, 5.74) is -0.437. The highest BCUT2D eigenvalue weighted by Gasteiger charge is 2.53. The number of rotatable bonds is 1. The smallest absolute Gasteiger partial charge is 0.393 e. The van der Waals surface area contributed by atoms with Crippen LogP contribution in [0.25, 0.3) is 0 Å². The maximum Gasteiger partial charge on any atom is 0.393 e. The summed E-state index contributed by atoms with van der Waals surface area (Å²) in [4.78, 5) is 12.4. The van der Waals surface area contributed by atoms with E-state index in [0.717, 1.165) is 0 Å². The van der Waals surface area contributed by atoms with E-state index < -0.39 is 29.5 Å². The van der Waals surface area contributed by atoms with Gasteiger partial charge in [-0.3, -0.25) is 9.69 Å². The summed E-state index contributed by atoms with van der Waals surface area (Å²) in [5, 5.41) is 8.80. The Bertz CT molecular complexity index is 288. The van der Waals surface area contributed by atoms with Crippen LogP contribution in [0.2, 0.25) is 0 Å². The van der Waals surface area contributed by atoms with Crippen molar-refractivity contribution in [3.63, 3.8) is 0 Å². The Hall–Kier alpha value is -0.490. The van der Waals surface area contributed by atoms with Crippen molar-refractivity contribution in [2.45, 2.75) is 32.5 Å². The van der Waals surface area contributed by atoms with Crippen LogP contribution in [-0.2, 0) is 4.79 Å². The minimum atomic E-state index is -4.44. The zero-order valence-electron chi connectivity index (χ0n) is 9.91. The number of aliphatic carboxylic acids is 1. The largest absolute Gasteiger partial charge is 0.481 e. The number of nitrogens with zero attached hydrogens (tertiary/aromatic N) is 1. The third-order valence-electron chi connectivity index (χ3n) is 3.01. The number of carbonyl (C=O) groups is 1.